The Balaban J connectivity index is 2.16. The van der Waals surface area contributed by atoms with Gasteiger partial charge in [-0.05, 0) is 53.5 Å². The molecule has 2 aliphatic rings. The molecule has 0 saturated carbocycles. The van der Waals surface area contributed by atoms with Crippen molar-refractivity contribution in [2.75, 3.05) is 27.2 Å². The number of rotatable bonds is 1. The van der Waals surface area contributed by atoms with Crippen LogP contribution in [-0.4, -0.2) is 43.0 Å². The highest BCUT2D eigenvalue weighted by atomic mass is 79.9. The van der Waals surface area contributed by atoms with Crippen molar-refractivity contribution in [3.05, 3.63) is 21.7 Å². The Kier molecular flexibility index (Phi) is 3.50. The zero-order valence-corrected chi connectivity index (χ0v) is 13.2. The van der Waals surface area contributed by atoms with E-state index in [0.29, 0.717) is 34.0 Å². The molecule has 0 radical (unpaired) electrons. The van der Waals surface area contributed by atoms with Crippen molar-refractivity contribution in [1.82, 2.24) is 4.90 Å². The Labute approximate surface area is 126 Å². The van der Waals surface area contributed by atoms with Crippen LogP contribution < -0.4 is 4.74 Å². The summed E-state index contributed by atoms with van der Waals surface area (Å²) in [5.74, 6) is 1.34. The quantitative estimate of drug-likeness (QED) is 0.854. The van der Waals surface area contributed by atoms with Gasteiger partial charge in [0.1, 0.15) is 16.0 Å². The summed E-state index contributed by atoms with van der Waals surface area (Å²) in [6.07, 6.45) is 1.57. The number of aromatic hydroxyl groups is 1. The molecule has 3 rings (SSSR count). The summed E-state index contributed by atoms with van der Waals surface area (Å²) in [6.45, 7) is 1.96. The Morgan fingerprint density at radius 1 is 1.50 bits per heavy atom. The fraction of sp³-hybridized carbons (Fsp3) is 0.533. The molecule has 20 heavy (non-hydrogen) atoms. The third-order valence-corrected chi connectivity index (χ3v) is 5.31. The maximum absolute atomic E-state index is 12.4. The van der Waals surface area contributed by atoms with Gasteiger partial charge in [0.2, 0.25) is 0 Å². The number of halogens is 1. The number of methoxy groups -OCH3 is 1. The van der Waals surface area contributed by atoms with Crippen LogP contribution in [0.15, 0.2) is 10.5 Å². The molecular formula is C15H18BrNO3. The minimum atomic E-state index is 0.0241. The van der Waals surface area contributed by atoms with Crippen molar-refractivity contribution in [3.63, 3.8) is 0 Å². The first kappa shape index (κ1) is 13.9. The summed E-state index contributed by atoms with van der Waals surface area (Å²) < 4.78 is 5.77. The minimum Gasteiger partial charge on any atom is -0.506 e. The molecule has 1 fully saturated rings. The molecule has 1 aliphatic carbocycles. The average molecular weight is 340 g/mol. The molecule has 1 N–H and O–H groups in total. The first-order valence-corrected chi connectivity index (χ1v) is 7.63. The SMILES string of the molecule is COc1cc2c(c(O)c1Br)C(=O)C[C@@H]1CCN(C)C[C@@H]21. The molecule has 108 valence electrons. The van der Waals surface area contributed by atoms with E-state index in [2.05, 4.69) is 27.9 Å². The average Bonchev–Trinajstić information content (AvgIpc) is 2.43. The second-order valence-corrected chi connectivity index (χ2v) is 6.54. The van der Waals surface area contributed by atoms with Gasteiger partial charge in [-0.3, -0.25) is 4.79 Å². The van der Waals surface area contributed by atoms with Crippen LogP contribution in [0.3, 0.4) is 0 Å². The van der Waals surface area contributed by atoms with Crippen LogP contribution in [0.1, 0.15) is 34.7 Å². The van der Waals surface area contributed by atoms with Gasteiger partial charge in [-0.1, -0.05) is 0 Å². The number of carbonyl (C=O) groups is 1. The topological polar surface area (TPSA) is 49.8 Å². The Morgan fingerprint density at radius 3 is 2.95 bits per heavy atom. The number of nitrogens with zero attached hydrogens (tertiary/aromatic N) is 1. The summed E-state index contributed by atoms with van der Waals surface area (Å²) >= 11 is 3.31. The highest BCUT2D eigenvalue weighted by molar-refractivity contribution is 9.10. The van der Waals surface area contributed by atoms with Crippen molar-refractivity contribution >= 4 is 21.7 Å². The zero-order chi connectivity index (χ0) is 14.4. The zero-order valence-electron chi connectivity index (χ0n) is 11.6. The molecule has 1 aliphatic heterocycles. The van der Waals surface area contributed by atoms with Gasteiger partial charge in [0.15, 0.2) is 5.78 Å². The number of phenols is 1. The van der Waals surface area contributed by atoms with Crippen LogP contribution in [0, 0.1) is 5.92 Å². The second-order valence-electron chi connectivity index (χ2n) is 5.75. The number of piperidine rings is 1. The number of phenolic OH excluding ortho intramolecular Hbond substituents is 1. The molecule has 1 saturated heterocycles. The second kappa shape index (κ2) is 5.04. The summed E-state index contributed by atoms with van der Waals surface area (Å²) in [5.41, 5.74) is 1.42. The lowest BCUT2D eigenvalue weighted by Crippen LogP contribution is -2.40. The van der Waals surface area contributed by atoms with Gasteiger partial charge >= 0.3 is 0 Å². The molecule has 0 spiro atoms. The maximum Gasteiger partial charge on any atom is 0.167 e. The Hall–Kier alpha value is -1.07. The van der Waals surface area contributed by atoms with E-state index in [9.17, 15) is 9.90 Å². The van der Waals surface area contributed by atoms with E-state index >= 15 is 0 Å². The first-order valence-electron chi connectivity index (χ1n) is 6.84. The van der Waals surface area contributed by atoms with Crippen LogP contribution >= 0.6 is 15.9 Å². The van der Waals surface area contributed by atoms with E-state index in [1.165, 1.54) is 0 Å². The number of likely N-dealkylation sites (tertiary alicyclic amines) is 1. The van der Waals surface area contributed by atoms with Crippen LogP contribution in [0.25, 0.3) is 0 Å². The largest absolute Gasteiger partial charge is 0.506 e. The standard InChI is InChI=1S/C15H18BrNO3/c1-17-4-3-8-5-11(18)13-9(10(8)7-17)6-12(20-2)14(16)15(13)19/h6,8,10,19H,3-5,7H2,1-2H3/t8-,10+/m0/s1. The fourth-order valence-corrected chi connectivity index (χ4v) is 3.95. The van der Waals surface area contributed by atoms with E-state index in [4.69, 9.17) is 4.74 Å². The van der Waals surface area contributed by atoms with Crippen molar-refractivity contribution < 1.29 is 14.6 Å². The number of fused-ring (bicyclic) bond motifs is 3. The number of hydrogen-bond donors (Lipinski definition) is 1. The summed E-state index contributed by atoms with van der Waals surface area (Å²) in [4.78, 5) is 14.6. The van der Waals surface area contributed by atoms with Gasteiger partial charge in [-0.25, -0.2) is 0 Å². The molecule has 1 aromatic carbocycles. The van der Waals surface area contributed by atoms with E-state index in [1.807, 2.05) is 6.07 Å². The first-order chi connectivity index (χ1) is 9.52. The molecular weight excluding hydrogens is 322 g/mol. The third-order valence-electron chi connectivity index (χ3n) is 4.54. The molecule has 0 bridgehead atoms. The minimum absolute atomic E-state index is 0.0241. The smallest absolute Gasteiger partial charge is 0.167 e. The lowest BCUT2D eigenvalue weighted by molar-refractivity contribution is 0.0883. The highest BCUT2D eigenvalue weighted by Crippen LogP contribution is 2.48. The number of likely N-dealkylation sites (N-methyl/N-ethyl adjacent to an activating group) is 1. The van der Waals surface area contributed by atoms with Gasteiger partial charge in [0, 0.05) is 18.9 Å². The summed E-state index contributed by atoms with van der Waals surface area (Å²) in [6, 6.07) is 1.91. The summed E-state index contributed by atoms with van der Waals surface area (Å²) in [7, 11) is 3.67. The molecule has 4 nitrogen and oxygen atoms in total. The third kappa shape index (κ3) is 2.04. The van der Waals surface area contributed by atoms with Gasteiger partial charge in [-0.15, -0.1) is 0 Å². The molecule has 0 amide bonds. The van der Waals surface area contributed by atoms with Crippen LogP contribution in [-0.2, 0) is 0 Å². The predicted molar refractivity (Wildman–Crippen MR) is 79.7 cm³/mol. The van der Waals surface area contributed by atoms with Gasteiger partial charge in [0.25, 0.3) is 0 Å². The van der Waals surface area contributed by atoms with Gasteiger partial charge in [-0.2, -0.15) is 0 Å². The van der Waals surface area contributed by atoms with Gasteiger partial charge < -0.3 is 14.7 Å². The van der Waals surface area contributed by atoms with Gasteiger partial charge in [0.05, 0.1) is 12.7 Å². The van der Waals surface area contributed by atoms with Crippen LogP contribution in [0.5, 0.6) is 11.5 Å². The van der Waals surface area contributed by atoms with E-state index in [-0.39, 0.29) is 11.5 Å². The Morgan fingerprint density at radius 2 is 2.25 bits per heavy atom. The molecule has 0 aromatic heterocycles. The van der Waals surface area contributed by atoms with E-state index in [1.54, 1.807) is 7.11 Å². The lowest BCUT2D eigenvalue weighted by Gasteiger charge is -2.40. The van der Waals surface area contributed by atoms with Crippen LogP contribution in [0.2, 0.25) is 0 Å². The predicted octanol–water partition coefficient (Wildman–Crippen LogP) is 2.79. The van der Waals surface area contributed by atoms with Crippen molar-refractivity contribution in [1.29, 1.82) is 0 Å². The van der Waals surface area contributed by atoms with E-state index < -0.39 is 0 Å². The van der Waals surface area contributed by atoms with Crippen molar-refractivity contribution in [3.8, 4) is 11.5 Å². The van der Waals surface area contributed by atoms with Crippen LogP contribution in [0.4, 0.5) is 0 Å². The normalized spacial score (nSPS) is 26.1. The monoisotopic (exact) mass is 339 g/mol. The number of ketones is 1. The number of hydrogen-bond acceptors (Lipinski definition) is 4. The number of benzene rings is 1. The fourth-order valence-electron chi connectivity index (χ4n) is 3.47. The molecule has 2 atom stereocenters. The number of ether oxygens (including phenoxy) is 1. The molecule has 1 aromatic rings. The summed E-state index contributed by atoms with van der Waals surface area (Å²) in [5, 5.41) is 10.3. The molecule has 0 unspecified atom stereocenters. The molecule has 5 heteroatoms. The van der Waals surface area contributed by atoms with Crippen molar-refractivity contribution in [2.24, 2.45) is 5.92 Å². The number of Topliss-reactive ketones (excluding diaryl/α,β-unsaturated/α-hetero) is 1. The lowest BCUT2D eigenvalue weighted by atomic mass is 9.71. The van der Waals surface area contributed by atoms with Crippen molar-refractivity contribution in [2.45, 2.75) is 18.8 Å². The number of carbonyl (C=O) groups excluding carboxylic acids is 1. The molecule has 1 heterocycles. The highest BCUT2D eigenvalue weighted by Gasteiger charge is 2.39. The van der Waals surface area contributed by atoms with E-state index in [0.717, 1.165) is 25.1 Å². The maximum atomic E-state index is 12.4. The Bertz CT molecular complexity index is 573.